The first-order valence-electron chi connectivity index (χ1n) is 4.14. The van der Waals surface area contributed by atoms with Gasteiger partial charge in [0.15, 0.2) is 5.65 Å². The van der Waals surface area contributed by atoms with Gasteiger partial charge in [-0.25, -0.2) is 14.8 Å². The Labute approximate surface area is 80.0 Å². The molecule has 2 rings (SSSR count). The number of nitrogens with zero attached hydrogens (tertiary/aromatic N) is 3. The lowest BCUT2D eigenvalue weighted by molar-refractivity contribution is 0.0682. The number of fused-ring (bicyclic) bond motifs is 1. The molecule has 2 heterocycles. The second-order valence-corrected chi connectivity index (χ2v) is 3.12. The summed E-state index contributed by atoms with van der Waals surface area (Å²) in [5, 5.41) is 8.85. The predicted octanol–water partition coefficient (Wildman–Crippen LogP) is 1.04. The molecule has 0 saturated heterocycles. The molecule has 5 heteroatoms. The van der Waals surface area contributed by atoms with Crippen molar-refractivity contribution in [2.45, 2.75) is 13.8 Å². The number of aromatic nitrogens is 3. The Morgan fingerprint density at radius 2 is 2.21 bits per heavy atom. The van der Waals surface area contributed by atoms with E-state index in [1.165, 1.54) is 10.6 Å². The summed E-state index contributed by atoms with van der Waals surface area (Å²) >= 11 is 0. The number of hydrogen-bond acceptors (Lipinski definition) is 3. The molecular formula is C9H9N3O2. The van der Waals surface area contributed by atoms with Crippen LogP contribution in [0.5, 0.6) is 0 Å². The van der Waals surface area contributed by atoms with Crippen molar-refractivity contribution in [3.63, 3.8) is 0 Å². The van der Waals surface area contributed by atoms with Gasteiger partial charge in [-0.1, -0.05) is 0 Å². The molecule has 0 radical (unpaired) electrons. The second-order valence-electron chi connectivity index (χ2n) is 3.12. The van der Waals surface area contributed by atoms with Crippen LogP contribution < -0.4 is 0 Å². The standard InChI is InChI=1S/C9H9N3O2/c1-5-3-6(2)12-7(11-5)4-10-8(12)9(13)14/h3-4H,1-2H3,(H,13,14). The summed E-state index contributed by atoms with van der Waals surface area (Å²) in [4.78, 5) is 18.8. The molecule has 2 aromatic heterocycles. The van der Waals surface area contributed by atoms with Crippen molar-refractivity contribution in [3.8, 4) is 0 Å². The van der Waals surface area contributed by atoms with E-state index in [1.54, 1.807) is 0 Å². The molecule has 1 N–H and O–H groups in total. The highest BCUT2D eigenvalue weighted by Crippen LogP contribution is 2.09. The lowest BCUT2D eigenvalue weighted by Gasteiger charge is -2.02. The summed E-state index contributed by atoms with van der Waals surface area (Å²) in [6.45, 7) is 3.69. The van der Waals surface area contributed by atoms with Gasteiger partial charge in [0.2, 0.25) is 5.82 Å². The number of imidazole rings is 1. The van der Waals surface area contributed by atoms with Gasteiger partial charge >= 0.3 is 5.97 Å². The Bertz CT molecular complexity index is 516. The number of aromatic carboxylic acids is 1. The molecule has 0 spiro atoms. The number of carboxylic acid groups (broad SMARTS) is 1. The predicted molar refractivity (Wildman–Crippen MR) is 49.4 cm³/mol. The van der Waals surface area contributed by atoms with Crippen molar-refractivity contribution < 1.29 is 9.90 Å². The van der Waals surface area contributed by atoms with E-state index in [9.17, 15) is 4.79 Å². The zero-order chi connectivity index (χ0) is 10.3. The van der Waals surface area contributed by atoms with Gasteiger partial charge in [0.05, 0.1) is 6.20 Å². The topological polar surface area (TPSA) is 67.5 Å². The van der Waals surface area contributed by atoms with Crippen molar-refractivity contribution in [2.24, 2.45) is 0 Å². The lowest BCUT2D eigenvalue weighted by atomic mass is 10.3. The SMILES string of the molecule is Cc1cc(C)n2c(C(=O)O)ncc2n1. The maximum atomic E-state index is 10.8. The van der Waals surface area contributed by atoms with E-state index in [0.29, 0.717) is 5.65 Å². The summed E-state index contributed by atoms with van der Waals surface area (Å²) in [7, 11) is 0. The number of carboxylic acids is 1. The fourth-order valence-electron chi connectivity index (χ4n) is 1.50. The molecule has 0 aliphatic rings. The van der Waals surface area contributed by atoms with Crippen LogP contribution in [0.3, 0.4) is 0 Å². The van der Waals surface area contributed by atoms with Crippen LogP contribution in [0.25, 0.3) is 5.65 Å². The average Bonchev–Trinajstić information content (AvgIpc) is 2.47. The molecule has 0 bridgehead atoms. The molecule has 0 unspecified atom stereocenters. The van der Waals surface area contributed by atoms with Crippen LogP contribution in [0.1, 0.15) is 22.0 Å². The van der Waals surface area contributed by atoms with Gasteiger partial charge in [0.25, 0.3) is 0 Å². The van der Waals surface area contributed by atoms with Crippen LogP contribution in [0.2, 0.25) is 0 Å². The maximum Gasteiger partial charge on any atom is 0.372 e. The zero-order valence-corrected chi connectivity index (χ0v) is 7.85. The molecule has 0 aliphatic heterocycles. The van der Waals surface area contributed by atoms with Crippen molar-refractivity contribution >= 4 is 11.6 Å². The van der Waals surface area contributed by atoms with E-state index in [-0.39, 0.29) is 5.82 Å². The highest BCUT2D eigenvalue weighted by Gasteiger charge is 2.13. The van der Waals surface area contributed by atoms with E-state index in [2.05, 4.69) is 9.97 Å². The Hall–Kier alpha value is -1.91. The van der Waals surface area contributed by atoms with Crippen LogP contribution >= 0.6 is 0 Å². The fraction of sp³-hybridized carbons (Fsp3) is 0.222. The van der Waals surface area contributed by atoms with E-state index < -0.39 is 5.97 Å². The fourth-order valence-corrected chi connectivity index (χ4v) is 1.50. The van der Waals surface area contributed by atoms with Crippen LogP contribution in [0.15, 0.2) is 12.3 Å². The maximum absolute atomic E-state index is 10.8. The number of hydrogen-bond donors (Lipinski definition) is 1. The van der Waals surface area contributed by atoms with Crippen LogP contribution in [0.4, 0.5) is 0 Å². The Morgan fingerprint density at radius 3 is 2.86 bits per heavy atom. The highest BCUT2D eigenvalue weighted by molar-refractivity contribution is 5.84. The molecule has 0 amide bonds. The van der Waals surface area contributed by atoms with Crippen LogP contribution in [-0.2, 0) is 0 Å². The molecule has 0 atom stereocenters. The third-order valence-electron chi connectivity index (χ3n) is 2.00. The minimum absolute atomic E-state index is 0.00463. The minimum Gasteiger partial charge on any atom is -0.475 e. The molecule has 0 fully saturated rings. The van der Waals surface area contributed by atoms with Gasteiger partial charge in [0, 0.05) is 11.4 Å². The zero-order valence-electron chi connectivity index (χ0n) is 7.85. The smallest absolute Gasteiger partial charge is 0.372 e. The molecule has 2 aromatic rings. The van der Waals surface area contributed by atoms with E-state index in [0.717, 1.165) is 11.4 Å². The minimum atomic E-state index is -1.04. The summed E-state index contributed by atoms with van der Waals surface area (Å²) in [6.07, 6.45) is 1.46. The molecule has 72 valence electrons. The van der Waals surface area contributed by atoms with Gasteiger partial charge in [-0.15, -0.1) is 0 Å². The van der Waals surface area contributed by atoms with Gasteiger partial charge in [0.1, 0.15) is 0 Å². The number of aryl methyl sites for hydroxylation is 2. The number of rotatable bonds is 1. The summed E-state index contributed by atoms with van der Waals surface area (Å²) in [6, 6.07) is 1.82. The second kappa shape index (κ2) is 2.80. The normalized spacial score (nSPS) is 10.7. The Kier molecular flexibility index (Phi) is 1.73. The summed E-state index contributed by atoms with van der Waals surface area (Å²) in [5.41, 5.74) is 2.24. The van der Waals surface area contributed by atoms with Crippen molar-refractivity contribution in [1.29, 1.82) is 0 Å². The third-order valence-corrected chi connectivity index (χ3v) is 2.00. The molecular weight excluding hydrogens is 182 g/mol. The molecule has 14 heavy (non-hydrogen) atoms. The van der Waals surface area contributed by atoms with Crippen molar-refractivity contribution in [2.75, 3.05) is 0 Å². The van der Waals surface area contributed by atoms with Crippen LogP contribution in [0, 0.1) is 13.8 Å². The van der Waals surface area contributed by atoms with Crippen LogP contribution in [-0.4, -0.2) is 25.4 Å². The lowest BCUT2D eigenvalue weighted by Crippen LogP contribution is -2.06. The van der Waals surface area contributed by atoms with Gasteiger partial charge in [-0.2, -0.15) is 0 Å². The molecule has 5 nitrogen and oxygen atoms in total. The first-order valence-corrected chi connectivity index (χ1v) is 4.14. The van der Waals surface area contributed by atoms with Gasteiger partial charge in [-0.3, -0.25) is 4.40 Å². The molecule has 0 aromatic carbocycles. The van der Waals surface area contributed by atoms with Crippen molar-refractivity contribution in [3.05, 3.63) is 29.5 Å². The summed E-state index contributed by atoms with van der Waals surface area (Å²) < 4.78 is 1.52. The Morgan fingerprint density at radius 1 is 1.50 bits per heavy atom. The van der Waals surface area contributed by atoms with Gasteiger partial charge in [-0.05, 0) is 19.9 Å². The van der Waals surface area contributed by atoms with E-state index in [4.69, 9.17) is 5.11 Å². The third kappa shape index (κ3) is 1.14. The Balaban J connectivity index is 2.85. The first kappa shape index (κ1) is 8.68. The highest BCUT2D eigenvalue weighted by atomic mass is 16.4. The van der Waals surface area contributed by atoms with E-state index >= 15 is 0 Å². The monoisotopic (exact) mass is 191 g/mol. The molecule has 0 saturated carbocycles. The average molecular weight is 191 g/mol. The molecule has 0 aliphatic carbocycles. The van der Waals surface area contributed by atoms with Gasteiger partial charge < -0.3 is 5.11 Å². The van der Waals surface area contributed by atoms with Crippen molar-refractivity contribution in [1.82, 2.24) is 14.4 Å². The largest absolute Gasteiger partial charge is 0.475 e. The quantitative estimate of drug-likeness (QED) is 0.731. The van der Waals surface area contributed by atoms with E-state index in [1.807, 2.05) is 19.9 Å². The first-order chi connectivity index (χ1) is 6.59. The number of carbonyl (C=O) groups is 1. The summed E-state index contributed by atoms with van der Waals surface area (Å²) in [5.74, 6) is -1.04.